The summed E-state index contributed by atoms with van der Waals surface area (Å²) in [4.78, 5) is 0. The van der Waals surface area contributed by atoms with Crippen LogP contribution in [0.2, 0.25) is 0 Å². The van der Waals surface area contributed by atoms with Crippen molar-refractivity contribution in [2.45, 2.75) is 5.92 Å². The molecule has 0 heterocycles. The van der Waals surface area contributed by atoms with Gasteiger partial charge in [-0.3, -0.25) is 0 Å². The van der Waals surface area contributed by atoms with Gasteiger partial charge in [0.05, 0.1) is 14.2 Å². The number of hydrogen-bond donors (Lipinski definition) is 1. The number of hydrogen-bond acceptors (Lipinski definition) is 3. The van der Waals surface area contributed by atoms with E-state index in [2.05, 4.69) is 12.1 Å². The van der Waals surface area contributed by atoms with Crippen molar-refractivity contribution in [2.24, 2.45) is 5.73 Å². The summed E-state index contributed by atoms with van der Waals surface area (Å²) < 4.78 is 10.6. The molecule has 0 amide bonds. The van der Waals surface area contributed by atoms with E-state index in [1.807, 2.05) is 36.4 Å². The molecule has 0 bridgehead atoms. The van der Waals surface area contributed by atoms with E-state index in [0.29, 0.717) is 6.54 Å². The molecule has 1 atom stereocenters. The van der Waals surface area contributed by atoms with Gasteiger partial charge in [-0.2, -0.15) is 0 Å². The van der Waals surface area contributed by atoms with Crippen LogP contribution in [-0.2, 0) is 0 Å². The predicted molar refractivity (Wildman–Crippen MR) is 76.9 cm³/mol. The molecule has 2 rings (SSSR count). The van der Waals surface area contributed by atoms with Crippen LogP contribution < -0.4 is 15.2 Å². The topological polar surface area (TPSA) is 44.5 Å². The highest BCUT2D eigenvalue weighted by atomic mass is 16.5. The largest absolute Gasteiger partial charge is 0.493 e. The first-order chi connectivity index (χ1) is 9.30. The summed E-state index contributed by atoms with van der Waals surface area (Å²) in [5, 5.41) is 0. The van der Waals surface area contributed by atoms with Gasteiger partial charge in [0.25, 0.3) is 0 Å². The maximum atomic E-state index is 5.93. The Kier molecular flexibility index (Phi) is 4.42. The van der Waals surface area contributed by atoms with Gasteiger partial charge in [0.15, 0.2) is 11.5 Å². The Morgan fingerprint density at radius 2 is 1.58 bits per heavy atom. The lowest BCUT2D eigenvalue weighted by Crippen LogP contribution is -2.13. The van der Waals surface area contributed by atoms with Crippen molar-refractivity contribution >= 4 is 0 Å². The van der Waals surface area contributed by atoms with Crippen molar-refractivity contribution in [2.75, 3.05) is 20.8 Å². The zero-order valence-corrected chi connectivity index (χ0v) is 11.3. The minimum atomic E-state index is 0.168. The number of rotatable bonds is 5. The lowest BCUT2D eigenvalue weighted by Gasteiger charge is -2.17. The summed E-state index contributed by atoms with van der Waals surface area (Å²) in [6.45, 7) is 0.555. The molecule has 100 valence electrons. The summed E-state index contributed by atoms with van der Waals surface area (Å²) in [5.74, 6) is 1.63. The van der Waals surface area contributed by atoms with Crippen molar-refractivity contribution in [3.05, 3.63) is 59.7 Å². The highest BCUT2D eigenvalue weighted by Crippen LogP contribution is 2.32. The van der Waals surface area contributed by atoms with E-state index >= 15 is 0 Å². The molecule has 0 saturated carbocycles. The van der Waals surface area contributed by atoms with Crippen molar-refractivity contribution in [1.82, 2.24) is 0 Å². The molecule has 2 N–H and O–H groups in total. The molecular formula is C16H19NO2. The summed E-state index contributed by atoms with van der Waals surface area (Å²) in [5.41, 5.74) is 8.26. The fraction of sp³-hybridized carbons (Fsp3) is 0.250. The van der Waals surface area contributed by atoms with Crippen LogP contribution in [0, 0.1) is 0 Å². The lowest BCUT2D eigenvalue weighted by molar-refractivity contribution is 0.354. The van der Waals surface area contributed by atoms with E-state index in [1.165, 1.54) is 5.56 Å². The van der Waals surface area contributed by atoms with Crippen LogP contribution in [0.15, 0.2) is 48.5 Å². The average Bonchev–Trinajstić information content (AvgIpc) is 2.49. The van der Waals surface area contributed by atoms with Crippen LogP contribution in [0.1, 0.15) is 17.0 Å². The third-order valence-corrected chi connectivity index (χ3v) is 3.25. The van der Waals surface area contributed by atoms with Crippen LogP contribution in [0.25, 0.3) is 0 Å². The molecule has 0 radical (unpaired) electrons. The maximum absolute atomic E-state index is 5.93. The second-order valence-electron chi connectivity index (χ2n) is 4.31. The van der Waals surface area contributed by atoms with Crippen LogP contribution in [0.4, 0.5) is 0 Å². The third kappa shape index (κ3) is 2.88. The SMILES string of the molecule is COc1ccc(C(CN)c2ccccc2)cc1OC. The van der Waals surface area contributed by atoms with E-state index in [1.54, 1.807) is 14.2 Å². The Morgan fingerprint density at radius 3 is 2.16 bits per heavy atom. The number of benzene rings is 2. The predicted octanol–water partition coefficient (Wildman–Crippen LogP) is 2.79. The van der Waals surface area contributed by atoms with Crippen molar-refractivity contribution in [3.8, 4) is 11.5 Å². The summed E-state index contributed by atoms with van der Waals surface area (Å²) in [7, 11) is 3.27. The molecule has 0 fully saturated rings. The molecule has 0 aliphatic carbocycles. The van der Waals surface area contributed by atoms with Crippen molar-refractivity contribution < 1.29 is 9.47 Å². The van der Waals surface area contributed by atoms with Gasteiger partial charge in [-0.1, -0.05) is 36.4 Å². The second kappa shape index (κ2) is 6.25. The van der Waals surface area contributed by atoms with Gasteiger partial charge in [-0.25, -0.2) is 0 Å². The standard InChI is InChI=1S/C16H19NO2/c1-18-15-9-8-13(10-16(15)19-2)14(11-17)12-6-4-3-5-7-12/h3-10,14H,11,17H2,1-2H3. The molecule has 1 unspecified atom stereocenters. The van der Waals surface area contributed by atoms with Crippen LogP contribution in [0.5, 0.6) is 11.5 Å². The molecule has 19 heavy (non-hydrogen) atoms. The molecule has 0 aliphatic rings. The maximum Gasteiger partial charge on any atom is 0.161 e. The second-order valence-corrected chi connectivity index (χ2v) is 4.31. The van der Waals surface area contributed by atoms with Gasteiger partial charge in [0.2, 0.25) is 0 Å². The molecule has 2 aromatic rings. The van der Waals surface area contributed by atoms with Crippen molar-refractivity contribution in [3.63, 3.8) is 0 Å². The molecule has 0 spiro atoms. The van der Waals surface area contributed by atoms with Gasteiger partial charge in [0, 0.05) is 12.5 Å². The van der Waals surface area contributed by atoms with Crippen LogP contribution in [-0.4, -0.2) is 20.8 Å². The summed E-state index contributed by atoms with van der Waals surface area (Å²) >= 11 is 0. The minimum Gasteiger partial charge on any atom is -0.493 e. The first-order valence-electron chi connectivity index (χ1n) is 6.27. The monoisotopic (exact) mass is 257 g/mol. The number of methoxy groups -OCH3 is 2. The molecule has 0 aliphatic heterocycles. The molecular weight excluding hydrogens is 238 g/mol. The number of ether oxygens (including phenoxy) is 2. The van der Waals surface area contributed by atoms with Crippen LogP contribution in [0.3, 0.4) is 0 Å². The van der Waals surface area contributed by atoms with E-state index in [9.17, 15) is 0 Å². The van der Waals surface area contributed by atoms with E-state index in [-0.39, 0.29) is 5.92 Å². The van der Waals surface area contributed by atoms with Crippen molar-refractivity contribution in [1.29, 1.82) is 0 Å². The van der Waals surface area contributed by atoms with E-state index in [4.69, 9.17) is 15.2 Å². The minimum absolute atomic E-state index is 0.168. The Hall–Kier alpha value is -2.00. The fourth-order valence-electron chi connectivity index (χ4n) is 2.22. The zero-order valence-electron chi connectivity index (χ0n) is 11.3. The van der Waals surface area contributed by atoms with Gasteiger partial charge < -0.3 is 15.2 Å². The molecule has 3 nitrogen and oxygen atoms in total. The Bertz CT molecular complexity index is 526. The lowest BCUT2D eigenvalue weighted by atomic mass is 9.91. The zero-order chi connectivity index (χ0) is 13.7. The van der Waals surface area contributed by atoms with Crippen LogP contribution >= 0.6 is 0 Å². The third-order valence-electron chi connectivity index (χ3n) is 3.25. The number of nitrogens with two attached hydrogens (primary N) is 1. The first-order valence-corrected chi connectivity index (χ1v) is 6.27. The highest BCUT2D eigenvalue weighted by molar-refractivity contribution is 5.46. The Morgan fingerprint density at radius 1 is 0.895 bits per heavy atom. The molecule has 0 saturated heterocycles. The van der Waals surface area contributed by atoms with Gasteiger partial charge in [0.1, 0.15) is 0 Å². The quantitative estimate of drug-likeness (QED) is 0.895. The smallest absolute Gasteiger partial charge is 0.161 e. The fourth-order valence-corrected chi connectivity index (χ4v) is 2.22. The van der Waals surface area contributed by atoms with E-state index < -0.39 is 0 Å². The Balaban J connectivity index is 2.39. The van der Waals surface area contributed by atoms with Gasteiger partial charge in [-0.15, -0.1) is 0 Å². The first kappa shape index (κ1) is 13.4. The normalized spacial score (nSPS) is 11.9. The van der Waals surface area contributed by atoms with Gasteiger partial charge in [-0.05, 0) is 23.3 Å². The highest BCUT2D eigenvalue weighted by Gasteiger charge is 2.14. The summed E-state index contributed by atoms with van der Waals surface area (Å²) in [6.07, 6.45) is 0. The van der Waals surface area contributed by atoms with E-state index in [0.717, 1.165) is 17.1 Å². The molecule has 0 aromatic heterocycles. The van der Waals surface area contributed by atoms with Gasteiger partial charge >= 0.3 is 0 Å². The average molecular weight is 257 g/mol. The Labute approximate surface area is 114 Å². The molecule has 2 aromatic carbocycles. The summed E-state index contributed by atoms with van der Waals surface area (Å²) in [6, 6.07) is 16.2. The molecule has 3 heteroatoms.